The van der Waals surface area contributed by atoms with Crippen LogP contribution in [-0.4, -0.2) is 54.3 Å². The van der Waals surface area contributed by atoms with E-state index in [-0.39, 0.29) is 35.7 Å². The topological polar surface area (TPSA) is 59.1 Å². The van der Waals surface area contributed by atoms with Crippen molar-refractivity contribution in [2.75, 3.05) is 11.9 Å². The Kier molecular flexibility index (Phi) is 3.73. The minimum atomic E-state index is -0.203. The highest BCUT2D eigenvalue weighted by molar-refractivity contribution is 5.70. The van der Waals surface area contributed by atoms with Gasteiger partial charge in [0.1, 0.15) is 6.10 Å². The fraction of sp³-hybridized carbons (Fsp3) is 0.667. The molecule has 3 unspecified atom stereocenters. The maximum absolute atomic E-state index is 12.3. The van der Waals surface area contributed by atoms with Crippen molar-refractivity contribution in [1.29, 1.82) is 0 Å². The molecule has 1 aliphatic carbocycles. The average Bonchev–Trinajstić information content (AvgIpc) is 3.10. The van der Waals surface area contributed by atoms with Gasteiger partial charge in [-0.25, -0.2) is 0 Å². The number of piperidine rings is 4. The lowest BCUT2D eigenvalue weighted by Crippen LogP contribution is -2.73. The first kappa shape index (κ1) is 18.7. The summed E-state index contributed by atoms with van der Waals surface area (Å²) in [4.78, 5) is 29.2. The third-order valence-corrected chi connectivity index (χ3v) is 8.98. The van der Waals surface area contributed by atoms with E-state index in [0.29, 0.717) is 29.8 Å². The number of fused-ring (bicyclic) bond motifs is 2. The highest BCUT2D eigenvalue weighted by Gasteiger charge is 2.78. The molecule has 0 N–H and O–H groups in total. The number of ether oxygens (including phenoxy) is 2. The molecule has 7 rings (SSSR count). The van der Waals surface area contributed by atoms with Gasteiger partial charge in [0.2, 0.25) is 0 Å². The second-order valence-electron chi connectivity index (χ2n) is 9.98. The predicted molar refractivity (Wildman–Crippen MR) is 111 cm³/mol. The predicted octanol–water partition coefficient (Wildman–Crippen LogP) is 2.70. The SMILES string of the molecule is CC[C@@H]1[C@@H]2C[C@H]3[C@@H]4N(C)c5ccccc5[C@]45C[C@@H](C2C5OC(C)=O)N3[C@H]1OC(C)=O. The van der Waals surface area contributed by atoms with E-state index in [4.69, 9.17) is 9.47 Å². The molecule has 5 heterocycles. The summed E-state index contributed by atoms with van der Waals surface area (Å²) in [5.74, 6) is 0.608. The molecule has 1 spiro atoms. The number of esters is 2. The number of hydrogen-bond donors (Lipinski definition) is 0. The number of rotatable bonds is 3. The Morgan fingerprint density at radius 1 is 1.13 bits per heavy atom. The Balaban J connectivity index is 1.56. The van der Waals surface area contributed by atoms with E-state index in [1.165, 1.54) is 18.2 Å². The van der Waals surface area contributed by atoms with Crippen molar-refractivity contribution < 1.29 is 19.1 Å². The van der Waals surface area contributed by atoms with Gasteiger partial charge in [0.05, 0.1) is 11.5 Å². The van der Waals surface area contributed by atoms with Crippen molar-refractivity contribution in [3.05, 3.63) is 29.8 Å². The maximum atomic E-state index is 12.3. The molecule has 160 valence electrons. The fourth-order valence-electron chi connectivity index (χ4n) is 8.49. The number of carbonyl (C=O) groups is 2. The van der Waals surface area contributed by atoms with Gasteiger partial charge in [-0.1, -0.05) is 25.1 Å². The van der Waals surface area contributed by atoms with Gasteiger partial charge < -0.3 is 14.4 Å². The monoisotopic (exact) mass is 410 g/mol. The quantitative estimate of drug-likeness (QED) is 0.714. The zero-order valence-electron chi connectivity index (χ0n) is 18.1. The van der Waals surface area contributed by atoms with Gasteiger partial charge in [-0.3, -0.25) is 14.5 Å². The summed E-state index contributed by atoms with van der Waals surface area (Å²) >= 11 is 0. The van der Waals surface area contributed by atoms with Crippen molar-refractivity contribution in [1.82, 2.24) is 4.90 Å². The number of anilines is 1. The summed E-state index contributed by atoms with van der Waals surface area (Å²) in [6.07, 6.45) is 2.72. The van der Waals surface area contributed by atoms with Gasteiger partial charge in [0, 0.05) is 50.5 Å². The van der Waals surface area contributed by atoms with Crippen molar-refractivity contribution >= 4 is 17.6 Å². The van der Waals surface area contributed by atoms with E-state index >= 15 is 0 Å². The first-order valence-corrected chi connectivity index (χ1v) is 11.3. The molecule has 6 heteroatoms. The molecule has 0 radical (unpaired) electrons. The number of benzene rings is 1. The highest BCUT2D eigenvalue weighted by Crippen LogP contribution is 2.69. The first-order valence-electron chi connectivity index (χ1n) is 11.3. The average molecular weight is 411 g/mol. The zero-order valence-corrected chi connectivity index (χ0v) is 18.1. The lowest BCUT2D eigenvalue weighted by atomic mass is 9.62. The van der Waals surface area contributed by atoms with Crippen molar-refractivity contribution in [2.24, 2.45) is 17.8 Å². The van der Waals surface area contributed by atoms with Gasteiger partial charge in [-0.15, -0.1) is 0 Å². The van der Waals surface area contributed by atoms with Gasteiger partial charge >= 0.3 is 11.9 Å². The molecule has 0 aromatic heterocycles. The Morgan fingerprint density at radius 3 is 2.57 bits per heavy atom. The number of para-hydroxylation sites is 1. The molecule has 30 heavy (non-hydrogen) atoms. The fourth-order valence-corrected chi connectivity index (χ4v) is 8.49. The minimum Gasteiger partial charge on any atom is -0.461 e. The van der Waals surface area contributed by atoms with Crippen LogP contribution in [0.2, 0.25) is 0 Å². The molecule has 5 aliphatic heterocycles. The molecule has 1 saturated carbocycles. The van der Waals surface area contributed by atoms with Gasteiger partial charge in [0.15, 0.2) is 6.23 Å². The van der Waals surface area contributed by atoms with Crippen LogP contribution in [0.4, 0.5) is 5.69 Å². The standard InChI is InChI=1S/C24H30N2O4/c1-5-14-15-10-18-21-24(16-8-6-7-9-17(16)25(21)4)11-19(20(15)22(24)29-12(2)27)26(18)23(14)30-13(3)28/h6-9,14-15,18-23H,5,10-11H2,1-4H3/t14-,15+,18+,19+,20?,21+,22?,23+,24-/m1/s1. The minimum absolute atomic E-state index is 0.122. The number of carbonyl (C=O) groups excluding carboxylic acids is 2. The molecule has 5 bridgehead atoms. The lowest BCUT2D eigenvalue weighted by Gasteiger charge is -2.62. The van der Waals surface area contributed by atoms with Gasteiger partial charge in [-0.2, -0.15) is 0 Å². The second-order valence-corrected chi connectivity index (χ2v) is 9.98. The van der Waals surface area contributed by atoms with Gasteiger partial charge in [0.25, 0.3) is 0 Å². The third-order valence-electron chi connectivity index (χ3n) is 8.98. The molecule has 4 saturated heterocycles. The van der Waals surface area contributed by atoms with E-state index in [2.05, 4.69) is 48.0 Å². The third kappa shape index (κ3) is 1.99. The van der Waals surface area contributed by atoms with Crippen LogP contribution in [0.25, 0.3) is 0 Å². The van der Waals surface area contributed by atoms with Crippen LogP contribution in [0, 0.1) is 17.8 Å². The Bertz CT molecular complexity index is 934. The van der Waals surface area contributed by atoms with Crippen molar-refractivity contribution in [2.45, 2.75) is 75.9 Å². The van der Waals surface area contributed by atoms with Crippen molar-refractivity contribution in [3.8, 4) is 0 Å². The Hall–Kier alpha value is -2.08. The smallest absolute Gasteiger partial charge is 0.304 e. The summed E-state index contributed by atoms with van der Waals surface area (Å²) < 4.78 is 12.2. The highest BCUT2D eigenvalue weighted by atomic mass is 16.6. The van der Waals surface area contributed by atoms with E-state index in [9.17, 15) is 9.59 Å². The molecule has 0 amide bonds. The Labute approximate surface area is 177 Å². The first-order chi connectivity index (χ1) is 14.4. The molecular formula is C24H30N2O4. The molecular weight excluding hydrogens is 380 g/mol. The van der Waals surface area contributed by atoms with E-state index in [1.807, 2.05) is 0 Å². The maximum Gasteiger partial charge on any atom is 0.304 e. The molecule has 1 aromatic carbocycles. The lowest BCUT2D eigenvalue weighted by molar-refractivity contribution is -0.228. The van der Waals surface area contributed by atoms with Gasteiger partial charge in [-0.05, 0) is 36.8 Å². The number of hydrogen-bond acceptors (Lipinski definition) is 6. The second kappa shape index (κ2) is 6.00. The summed E-state index contributed by atoms with van der Waals surface area (Å²) in [5.41, 5.74) is 2.41. The van der Waals surface area contributed by atoms with E-state index in [0.717, 1.165) is 19.3 Å². The van der Waals surface area contributed by atoms with Crippen LogP contribution in [0.15, 0.2) is 24.3 Å². The zero-order chi connectivity index (χ0) is 20.9. The van der Waals surface area contributed by atoms with E-state index < -0.39 is 0 Å². The van der Waals surface area contributed by atoms with Crippen LogP contribution < -0.4 is 4.90 Å². The molecule has 6 nitrogen and oxygen atoms in total. The largest absolute Gasteiger partial charge is 0.461 e. The normalized spacial score (nSPS) is 46.5. The van der Waals surface area contributed by atoms with Crippen LogP contribution in [0.5, 0.6) is 0 Å². The summed E-state index contributed by atoms with van der Waals surface area (Å²) in [6.45, 7) is 5.26. The van der Waals surface area contributed by atoms with E-state index in [1.54, 1.807) is 6.92 Å². The Morgan fingerprint density at radius 2 is 1.87 bits per heavy atom. The van der Waals surface area contributed by atoms with Crippen LogP contribution in [0.3, 0.4) is 0 Å². The van der Waals surface area contributed by atoms with Crippen LogP contribution >= 0.6 is 0 Å². The van der Waals surface area contributed by atoms with Crippen LogP contribution in [-0.2, 0) is 24.5 Å². The van der Waals surface area contributed by atoms with Crippen LogP contribution in [0.1, 0.15) is 45.6 Å². The number of likely N-dealkylation sites (N-methyl/N-ethyl adjacent to an activating group) is 1. The summed E-state index contributed by atoms with van der Waals surface area (Å²) in [5, 5.41) is 0. The number of nitrogens with zero attached hydrogens (tertiary/aromatic N) is 2. The molecule has 6 aliphatic rings. The summed E-state index contributed by atoms with van der Waals surface area (Å²) in [7, 11) is 2.18. The van der Waals surface area contributed by atoms with Crippen molar-refractivity contribution in [3.63, 3.8) is 0 Å². The molecule has 5 fully saturated rings. The molecule has 1 aromatic rings. The molecule has 10 atom stereocenters. The summed E-state index contributed by atoms with van der Waals surface area (Å²) in [6, 6.07) is 9.46.